The van der Waals surface area contributed by atoms with Gasteiger partial charge in [-0.3, -0.25) is 9.59 Å². The van der Waals surface area contributed by atoms with E-state index in [9.17, 15) is 14.4 Å². The van der Waals surface area contributed by atoms with E-state index in [-0.39, 0.29) is 30.9 Å². The number of hydrogen-bond acceptors (Lipinski definition) is 7. The van der Waals surface area contributed by atoms with Crippen molar-refractivity contribution in [2.45, 2.75) is 76.5 Å². The van der Waals surface area contributed by atoms with Crippen LogP contribution in [-0.4, -0.2) is 51.3 Å². The zero-order valence-electron chi connectivity index (χ0n) is 23.6. The van der Waals surface area contributed by atoms with Crippen molar-refractivity contribution < 1.29 is 23.9 Å². The molecule has 10 nitrogen and oxygen atoms in total. The maximum atomic E-state index is 13.0. The van der Waals surface area contributed by atoms with Gasteiger partial charge in [-0.05, 0) is 68.1 Å². The number of esters is 1. The molecule has 1 aromatic carbocycles. The van der Waals surface area contributed by atoms with Gasteiger partial charge in [0, 0.05) is 24.4 Å². The monoisotopic (exact) mass is 559 g/mol. The van der Waals surface area contributed by atoms with Crippen molar-refractivity contribution in [3.05, 3.63) is 65.6 Å². The molecule has 2 bridgehead atoms. The standard InChI is InChI=1S/C31H37N5O5/c1-20-10-12-30(13-11-20,34-29(39)41-19-21-6-4-3-5-7-21)16-25-18-36-26(32-25)9-8-23(35-36)17-31(28(38)40-2)22-14-24(15-22)33-27(31)37/h3-9,18,20,22,24H,10-17,19H2,1-2H3,(H,33,37)(H,34,39). The molecule has 0 radical (unpaired) electrons. The first-order valence-electron chi connectivity index (χ1n) is 14.5. The highest BCUT2D eigenvalue weighted by Gasteiger charge is 2.61. The normalized spacial score (nSPS) is 28.8. The molecular formula is C31H37N5O5. The number of nitrogens with one attached hydrogen (secondary N) is 2. The number of aromatic nitrogens is 3. The summed E-state index contributed by atoms with van der Waals surface area (Å²) in [7, 11) is 1.33. The fourth-order valence-corrected chi connectivity index (χ4v) is 6.79. The van der Waals surface area contributed by atoms with E-state index in [1.54, 1.807) is 4.52 Å². The highest BCUT2D eigenvalue weighted by molar-refractivity contribution is 6.04. The van der Waals surface area contributed by atoms with Crippen molar-refractivity contribution in [1.29, 1.82) is 0 Å². The summed E-state index contributed by atoms with van der Waals surface area (Å²) in [5, 5.41) is 10.9. The van der Waals surface area contributed by atoms with Crippen LogP contribution in [-0.2, 0) is 38.5 Å². The fraction of sp³-hybridized carbons (Fsp3) is 0.516. The summed E-state index contributed by atoms with van der Waals surface area (Å²) in [6.45, 7) is 2.46. The van der Waals surface area contributed by atoms with Gasteiger partial charge in [0.25, 0.3) is 0 Å². The lowest BCUT2D eigenvalue weighted by molar-refractivity contribution is -0.173. The highest BCUT2D eigenvalue weighted by atomic mass is 16.5. The fourth-order valence-electron chi connectivity index (χ4n) is 6.79. The number of methoxy groups -OCH3 is 1. The summed E-state index contributed by atoms with van der Waals surface area (Å²) < 4.78 is 12.4. The van der Waals surface area contributed by atoms with E-state index in [4.69, 9.17) is 19.6 Å². The number of piperidine rings is 2. The van der Waals surface area contributed by atoms with Gasteiger partial charge in [-0.25, -0.2) is 14.3 Å². The average Bonchev–Trinajstić information content (AvgIpc) is 3.35. The average molecular weight is 560 g/mol. The zero-order valence-corrected chi connectivity index (χ0v) is 23.6. The molecule has 10 heteroatoms. The topological polar surface area (TPSA) is 124 Å². The predicted octanol–water partition coefficient (Wildman–Crippen LogP) is 3.76. The maximum absolute atomic E-state index is 13.0. The second kappa shape index (κ2) is 10.8. The molecule has 0 spiro atoms. The van der Waals surface area contributed by atoms with Gasteiger partial charge in [0.2, 0.25) is 5.91 Å². The minimum atomic E-state index is -1.26. The molecule has 2 aliphatic carbocycles. The Hall–Kier alpha value is -3.95. The van der Waals surface area contributed by atoms with Crippen LogP contribution < -0.4 is 10.6 Å². The first kappa shape index (κ1) is 27.2. The molecule has 41 heavy (non-hydrogen) atoms. The SMILES string of the molecule is COC(=O)C1(Cc2ccc3nc(CC4(NC(=O)OCc5ccccc5)CCC(C)CC4)cn3n2)C(=O)NC2CC1C2. The van der Waals surface area contributed by atoms with E-state index in [0.717, 1.165) is 49.8 Å². The van der Waals surface area contributed by atoms with E-state index in [0.29, 0.717) is 23.7 Å². The number of fused-ring (bicyclic) bond motifs is 3. The molecule has 2 aromatic heterocycles. The lowest BCUT2D eigenvalue weighted by Gasteiger charge is -2.52. The van der Waals surface area contributed by atoms with Crippen LogP contribution in [0.1, 0.15) is 62.4 Å². The molecule has 4 aliphatic rings. The first-order chi connectivity index (χ1) is 19.8. The minimum absolute atomic E-state index is 0.0502. The summed E-state index contributed by atoms with van der Waals surface area (Å²) in [5.74, 6) is -0.236. The van der Waals surface area contributed by atoms with Gasteiger partial charge in [-0.15, -0.1) is 0 Å². The van der Waals surface area contributed by atoms with Gasteiger partial charge in [0.1, 0.15) is 6.61 Å². The molecule has 2 N–H and O–H groups in total. The Kier molecular flexibility index (Phi) is 7.17. The van der Waals surface area contributed by atoms with Crippen LogP contribution in [0.5, 0.6) is 0 Å². The summed E-state index contributed by atoms with van der Waals surface area (Å²) >= 11 is 0. The van der Waals surface area contributed by atoms with Crippen molar-refractivity contribution >= 4 is 23.6 Å². The summed E-state index contributed by atoms with van der Waals surface area (Å²) in [6.07, 6.45) is 7.41. The molecule has 3 aromatic rings. The smallest absolute Gasteiger partial charge is 0.407 e. The Morgan fingerprint density at radius 3 is 2.54 bits per heavy atom. The molecule has 7 rings (SSSR count). The summed E-state index contributed by atoms with van der Waals surface area (Å²) in [6, 6.07) is 13.5. The number of nitrogens with zero attached hydrogens (tertiary/aromatic N) is 3. The summed E-state index contributed by atoms with van der Waals surface area (Å²) in [5.41, 5.74) is 1.31. The number of benzene rings is 1. The molecule has 216 valence electrons. The predicted molar refractivity (Wildman–Crippen MR) is 150 cm³/mol. The third kappa shape index (κ3) is 5.27. The van der Waals surface area contributed by atoms with E-state index < -0.39 is 23.0 Å². The quantitative estimate of drug-likeness (QED) is 0.318. The molecule has 1 unspecified atom stereocenters. The molecule has 1 atom stereocenters. The molecule has 2 saturated carbocycles. The number of carbonyl (C=O) groups is 3. The van der Waals surface area contributed by atoms with Crippen molar-refractivity contribution in [3.63, 3.8) is 0 Å². The molecule has 4 heterocycles. The van der Waals surface area contributed by atoms with Crippen molar-refractivity contribution in [3.8, 4) is 0 Å². The van der Waals surface area contributed by atoms with Crippen molar-refractivity contribution in [2.75, 3.05) is 7.11 Å². The Morgan fingerprint density at radius 1 is 1.07 bits per heavy atom. The Bertz CT molecular complexity index is 1430. The van der Waals surface area contributed by atoms with E-state index >= 15 is 0 Å². The number of hydrogen-bond donors (Lipinski definition) is 2. The second-order valence-corrected chi connectivity index (χ2v) is 12.2. The third-order valence-electron chi connectivity index (χ3n) is 9.34. The lowest BCUT2D eigenvalue weighted by atomic mass is 9.57. The van der Waals surface area contributed by atoms with Gasteiger partial charge in [0.05, 0.1) is 24.7 Å². The number of imidazole rings is 1. The summed E-state index contributed by atoms with van der Waals surface area (Å²) in [4.78, 5) is 43.6. The van der Waals surface area contributed by atoms with Crippen LogP contribution in [0.4, 0.5) is 4.79 Å². The lowest BCUT2D eigenvalue weighted by Crippen LogP contribution is -2.67. The maximum Gasteiger partial charge on any atom is 0.407 e. The van der Waals surface area contributed by atoms with Crippen LogP contribution in [0.25, 0.3) is 5.65 Å². The van der Waals surface area contributed by atoms with Crippen molar-refractivity contribution in [2.24, 2.45) is 17.3 Å². The molecule has 2 aliphatic heterocycles. The van der Waals surface area contributed by atoms with Crippen LogP contribution in [0.15, 0.2) is 48.7 Å². The third-order valence-corrected chi connectivity index (χ3v) is 9.34. The Labute approximate surface area is 239 Å². The van der Waals surface area contributed by atoms with Crippen LogP contribution >= 0.6 is 0 Å². The number of ether oxygens (including phenoxy) is 2. The van der Waals surface area contributed by atoms with Gasteiger partial charge in [0.15, 0.2) is 11.1 Å². The minimum Gasteiger partial charge on any atom is -0.468 e. The number of carbonyl (C=O) groups excluding carboxylic acids is 3. The number of amides is 2. The van der Waals surface area contributed by atoms with Crippen LogP contribution in [0, 0.1) is 17.3 Å². The highest BCUT2D eigenvalue weighted by Crippen LogP contribution is 2.49. The van der Waals surface area contributed by atoms with Gasteiger partial charge in [-0.2, -0.15) is 5.10 Å². The van der Waals surface area contributed by atoms with Crippen molar-refractivity contribution in [1.82, 2.24) is 25.2 Å². The van der Waals surface area contributed by atoms with E-state index in [1.807, 2.05) is 48.7 Å². The molecule has 2 saturated heterocycles. The van der Waals surface area contributed by atoms with E-state index in [1.165, 1.54) is 7.11 Å². The zero-order chi connectivity index (χ0) is 28.6. The van der Waals surface area contributed by atoms with Gasteiger partial charge < -0.3 is 20.1 Å². The second-order valence-electron chi connectivity index (χ2n) is 12.2. The first-order valence-corrected chi connectivity index (χ1v) is 14.5. The van der Waals surface area contributed by atoms with E-state index in [2.05, 4.69) is 17.6 Å². The van der Waals surface area contributed by atoms with Crippen LogP contribution in [0.3, 0.4) is 0 Å². The van der Waals surface area contributed by atoms with Gasteiger partial charge >= 0.3 is 12.1 Å². The molecular weight excluding hydrogens is 522 g/mol. The largest absolute Gasteiger partial charge is 0.468 e. The molecule has 4 fully saturated rings. The number of rotatable bonds is 8. The van der Waals surface area contributed by atoms with Gasteiger partial charge in [-0.1, -0.05) is 37.3 Å². The Balaban J connectivity index is 1.20. The Morgan fingerprint density at radius 2 is 1.83 bits per heavy atom. The number of alkyl carbamates (subject to hydrolysis) is 1. The molecule has 2 amide bonds. The van der Waals surface area contributed by atoms with Crippen LogP contribution in [0.2, 0.25) is 0 Å².